The second-order valence-electron chi connectivity index (χ2n) is 19.8. The first-order chi connectivity index (χ1) is 29.8. The number of carbonyl (C=O) groups is 1. The molecule has 7 unspecified atom stereocenters. The van der Waals surface area contributed by atoms with Gasteiger partial charge in [-0.2, -0.15) is 0 Å². The van der Waals surface area contributed by atoms with Gasteiger partial charge < -0.3 is 20.2 Å². The number of imidazole rings is 2. The molecule has 4 fully saturated rings. The smallest absolute Gasteiger partial charge is 0.240 e. The van der Waals surface area contributed by atoms with E-state index in [0.29, 0.717) is 24.0 Å². The molecule has 0 radical (unpaired) electrons. The number of rotatable bonds is 7. The van der Waals surface area contributed by atoms with E-state index in [-0.39, 0.29) is 23.9 Å². The van der Waals surface area contributed by atoms with Crippen molar-refractivity contribution in [3.63, 3.8) is 0 Å². The molecule has 3 N–H and O–H groups in total. The Labute approximate surface area is 361 Å². The average molecular weight is 814 g/mol. The SMILES string of the molecule is CNC(C(=O)N1C(c2nc3ccc(-c4cc5ccc4CCc4ccc(c(-c6ccc7nc(C8CC9CCCCC9N8C)[nH]c7c6)c4)CC5)cc3[nH]2)CC2CCCCC21)C(C)C. The number of nitrogens with one attached hydrogen (secondary N) is 3. The number of hydrogen-bond acceptors (Lipinski definition) is 5. The first kappa shape index (κ1) is 39.1. The molecule has 316 valence electrons. The lowest BCUT2D eigenvalue weighted by atomic mass is 9.84. The van der Waals surface area contributed by atoms with Crippen LogP contribution in [-0.4, -0.2) is 67.9 Å². The highest BCUT2D eigenvalue weighted by molar-refractivity contribution is 5.86. The molecule has 0 spiro atoms. The molecule has 14 rings (SSSR count). The van der Waals surface area contributed by atoms with Gasteiger partial charge in [0, 0.05) is 12.1 Å². The van der Waals surface area contributed by atoms with Gasteiger partial charge in [-0.05, 0) is 165 Å². The molecule has 2 saturated carbocycles. The van der Waals surface area contributed by atoms with Crippen LogP contribution in [0.2, 0.25) is 0 Å². The maximum Gasteiger partial charge on any atom is 0.240 e. The normalized spacial score (nSPS) is 25.9. The molecule has 4 aromatic carbocycles. The number of H-pyrrole nitrogens is 2. The molecular weight excluding hydrogens is 751 g/mol. The van der Waals surface area contributed by atoms with E-state index in [1.54, 1.807) is 0 Å². The highest BCUT2D eigenvalue weighted by Crippen LogP contribution is 2.47. The number of likely N-dealkylation sites (N-methyl/N-ethyl adjacent to an activating group) is 1. The molecule has 4 heterocycles. The van der Waals surface area contributed by atoms with E-state index in [1.807, 2.05) is 7.05 Å². The second kappa shape index (κ2) is 15.8. The quantitative estimate of drug-likeness (QED) is 0.149. The Kier molecular flexibility index (Phi) is 10.1. The van der Waals surface area contributed by atoms with Crippen molar-refractivity contribution in [2.75, 3.05) is 14.1 Å². The highest BCUT2D eigenvalue weighted by atomic mass is 16.2. The zero-order valence-corrected chi connectivity index (χ0v) is 36.6. The maximum absolute atomic E-state index is 14.2. The van der Waals surface area contributed by atoms with E-state index >= 15 is 0 Å². The van der Waals surface area contributed by atoms with Gasteiger partial charge in [0.1, 0.15) is 11.6 Å². The van der Waals surface area contributed by atoms with Gasteiger partial charge in [-0.25, -0.2) is 9.97 Å². The number of fused-ring (bicyclic) bond motifs is 4. The summed E-state index contributed by atoms with van der Waals surface area (Å²) in [5.41, 5.74) is 14.9. The summed E-state index contributed by atoms with van der Waals surface area (Å²) in [6.07, 6.45) is 16.3. The Hall–Kier alpha value is -4.79. The van der Waals surface area contributed by atoms with Gasteiger partial charge in [0.15, 0.2) is 0 Å². The Bertz CT molecular complexity index is 2600. The van der Waals surface area contributed by atoms with Crippen LogP contribution in [0.15, 0.2) is 72.8 Å². The first-order valence-corrected chi connectivity index (χ1v) is 23.7. The van der Waals surface area contributed by atoms with Crippen molar-refractivity contribution >= 4 is 28.0 Å². The molecule has 8 aliphatic rings. The fourth-order valence-electron chi connectivity index (χ4n) is 12.7. The van der Waals surface area contributed by atoms with Crippen LogP contribution in [0.4, 0.5) is 0 Å². The van der Waals surface area contributed by atoms with Crippen LogP contribution in [0, 0.1) is 17.8 Å². The number of likely N-dealkylation sites (tertiary alicyclic amines) is 2. The molecule has 6 aromatic rings. The maximum atomic E-state index is 14.2. The van der Waals surface area contributed by atoms with Crippen LogP contribution in [0.25, 0.3) is 44.3 Å². The number of aromatic amines is 2. The number of aromatic nitrogens is 4. The topological polar surface area (TPSA) is 92.9 Å². The Morgan fingerprint density at radius 1 is 0.656 bits per heavy atom. The van der Waals surface area contributed by atoms with Crippen molar-refractivity contribution in [1.29, 1.82) is 0 Å². The van der Waals surface area contributed by atoms with E-state index < -0.39 is 0 Å². The number of aryl methyl sites for hydroxylation is 4. The molecule has 6 aliphatic carbocycles. The summed E-state index contributed by atoms with van der Waals surface area (Å²) in [6.45, 7) is 4.29. The van der Waals surface area contributed by atoms with Crippen LogP contribution in [0.3, 0.4) is 0 Å². The molecule has 1 amide bonds. The predicted octanol–water partition coefficient (Wildman–Crippen LogP) is 10.7. The van der Waals surface area contributed by atoms with E-state index in [9.17, 15) is 4.79 Å². The van der Waals surface area contributed by atoms with Crippen molar-refractivity contribution < 1.29 is 4.79 Å². The number of nitrogens with zero attached hydrogens (tertiary/aromatic N) is 4. The molecule has 2 aliphatic heterocycles. The second-order valence-corrected chi connectivity index (χ2v) is 19.8. The van der Waals surface area contributed by atoms with Gasteiger partial charge in [0.2, 0.25) is 5.91 Å². The van der Waals surface area contributed by atoms with Crippen molar-refractivity contribution in [2.45, 2.75) is 134 Å². The van der Waals surface area contributed by atoms with Gasteiger partial charge in [0.25, 0.3) is 0 Å². The van der Waals surface area contributed by atoms with Gasteiger partial charge in [-0.1, -0.05) is 88.1 Å². The standard InChI is InChI=1S/C53H63N7O/c1-31(2)50(54-3)53(61)60-47-12-8-6-10-39(47)30-49(60)52-56-43-24-22-37(28-45(43)58-52)41-26-33-14-18-34-17-13-32(15-19-35(41)20-16-33)25-40(34)36-21-23-42-44(27-36)57-51(55-42)48-29-38-9-5-7-11-46(38)59(48)4/h13,16-17,20-28,31,38-39,46-50,54H,5-12,14-15,18-19,29-30H2,1-4H3,(H,55,57)(H,56,58). The molecule has 2 saturated heterocycles. The number of amides is 1. The zero-order valence-electron chi connectivity index (χ0n) is 36.6. The molecule has 8 nitrogen and oxygen atoms in total. The molecular formula is C53H63N7O. The van der Waals surface area contributed by atoms with Crippen LogP contribution in [-0.2, 0) is 30.5 Å². The summed E-state index contributed by atoms with van der Waals surface area (Å²) in [6, 6.07) is 29.2. The lowest BCUT2D eigenvalue weighted by Crippen LogP contribution is -2.51. The Balaban J connectivity index is 0.861. The summed E-state index contributed by atoms with van der Waals surface area (Å²) in [5, 5.41) is 3.34. The summed E-state index contributed by atoms with van der Waals surface area (Å²) in [4.78, 5) is 37.0. The van der Waals surface area contributed by atoms with Crippen LogP contribution >= 0.6 is 0 Å². The lowest BCUT2D eigenvalue weighted by molar-refractivity contribution is -0.138. The Morgan fingerprint density at radius 3 is 1.74 bits per heavy atom. The number of benzene rings is 4. The van der Waals surface area contributed by atoms with Crippen molar-refractivity contribution in [1.82, 2.24) is 35.1 Å². The molecule has 61 heavy (non-hydrogen) atoms. The van der Waals surface area contributed by atoms with Gasteiger partial charge in [-0.15, -0.1) is 0 Å². The van der Waals surface area contributed by atoms with E-state index in [2.05, 4.69) is 119 Å². The molecule has 8 heteroatoms. The van der Waals surface area contributed by atoms with Crippen molar-refractivity contribution in [3.05, 3.63) is 107 Å². The van der Waals surface area contributed by atoms with Crippen molar-refractivity contribution in [3.8, 4) is 22.3 Å². The lowest BCUT2D eigenvalue weighted by Gasteiger charge is -2.36. The Morgan fingerprint density at radius 2 is 1.18 bits per heavy atom. The first-order valence-electron chi connectivity index (χ1n) is 23.7. The minimum absolute atomic E-state index is 0.0198. The summed E-state index contributed by atoms with van der Waals surface area (Å²) in [7, 11) is 4.25. The van der Waals surface area contributed by atoms with Crippen molar-refractivity contribution in [2.24, 2.45) is 17.8 Å². The van der Waals surface area contributed by atoms with Crippen LogP contribution in [0.1, 0.15) is 124 Å². The molecule has 7 atom stereocenters. The van der Waals surface area contributed by atoms with Gasteiger partial charge >= 0.3 is 0 Å². The highest BCUT2D eigenvalue weighted by Gasteiger charge is 2.48. The van der Waals surface area contributed by atoms with Crippen LogP contribution < -0.4 is 5.32 Å². The van der Waals surface area contributed by atoms with E-state index in [0.717, 1.165) is 78.2 Å². The summed E-state index contributed by atoms with van der Waals surface area (Å²) < 4.78 is 0. The predicted molar refractivity (Wildman–Crippen MR) is 246 cm³/mol. The largest absolute Gasteiger partial charge is 0.341 e. The third-order valence-corrected chi connectivity index (χ3v) is 16.0. The van der Waals surface area contributed by atoms with E-state index in [1.165, 1.54) is 95.9 Å². The summed E-state index contributed by atoms with van der Waals surface area (Å²) >= 11 is 0. The minimum atomic E-state index is -0.192. The molecule has 2 aromatic heterocycles. The minimum Gasteiger partial charge on any atom is -0.341 e. The van der Waals surface area contributed by atoms with E-state index in [4.69, 9.17) is 9.97 Å². The summed E-state index contributed by atoms with van der Waals surface area (Å²) in [5.74, 6) is 3.88. The van der Waals surface area contributed by atoms with Crippen LogP contribution in [0.5, 0.6) is 0 Å². The fraction of sp³-hybridized carbons (Fsp3) is 0.491. The molecule has 4 bridgehead atoms. The third kappa shape index (κ3) is 7.02. The number of hydrogen-bond donors (Lipinski definition) is 3. The number of carbonyl (C=O) groups excluding carboxylic acids is 1. The average Bonchev–Trinajstić information content (AvgIpc) is 4.06. The fourth-order valence-corrected chi connectivity index (χ4v) is 12.7. The monoisotopic (exact) mass is 814 g/mol. The zero-order chi connectivity index (χ0) is 41.4. The third-order valence-electron chi connectivity index (χ3n) is 16.0. The van der Waals surface area contributed by atoms with Gasteiger partial charge in [-0.3, -0.25) is 9.69 Å². The van der Waals surface area contributed by atoms with Gasteiger partial charge in [0.05, 0.1) is 40.2 Å².